The number of rotatable bonds is 5. The minimum atomic E-state index is -0.607. The van der Waals surface area contributed by atoms with Crippen LogP contribution in [0.4, 0.5) is 0 Å². The fraction of sp³-hybridized carbons (Fsp3) is 0.0833. The Morgan fingerprint density at radius 1 is 1.06 bits per heavy atom. The quantitative estimate of drug-likeness (QED) is 0.171. The van der Waals surface area contributed by atoms with Crippen LogP contribution in [0.25, 0.3) is 16.8 Å². The SMILES string of the molecule is CCOc1cc(C=C2C(=O)NC(=S)NC2=O)cc(Br)c1OC(=O)c1cccc2ccccc12. The molecule has 1 heterocycles. The van der Waals surface area contributed by atoms with Crippen molar-refractivity contribution >= 4 is 67.9 Å². The van der Waals surface area contributed by atoms with Crippen LogP contribution < -0.4 is 20.1 Å². The third-order valence-electron chi connectivity index (χ3n) is 4.79. The summed E-state index contributed by atoms with van der Waals surface area (Å²) in [6, 6.07) is 16.1. The van der Waals surface area contributed by atoms with E-state index in [1.54, 1.807) is 31.2 Å². The lowest BCUT2D eigenvalue weighted by Crippen LogP contribution is -2.51. The van der Waals surface area contributed by atoms with Crippen LogP contribution in [0.1, 0.15) is 22.8 Å². The fourth-order valence-corrected chi connectivity index (χ4v) is 4.08. The maximum Gasteiger partial charge on any atom is 0.344 e. The molecule has 7 nitrogen and oxygen atoms in total. The molecule has 0 unspecified atom stereocenters. The summed E-state index contributed by atoms with van der Waals surface area (Å²) in [6.45, 7) is 2.10. The number of benzene rings is 3. The van der Waals surface area contributed by atoms with Gasteiger partial charge < -0.3 is 9.47 Å². The number of thiocarbonyl (C=S) groups is 1. The third kappa shape index (κ3) is 4.79. The van der Waals surface area contributed by atoms with Crippen molar-refractivity contribution in [2.45, 2.75) is 6.92 Å². The molecule has 0 aromatic heterocycles. The average Bonchev–Trinajstić information content (AvgIpc) is 2.78. The van der Waals surface area contributed by atoms with Gasteiger partial charge >= 0.3 is 5.97 Å². The molecule has 0 atom stereocenters. The van der Waals surface area contributed by atoms with Crippen LogP contribution >= 0.6 is 28.1 Å². The molecule has 2 N–H and O–H groups in total. The summed E-state index contributed by atoms with van der Waals surface area (Å²) in [7, 11) is 0. The van der Waals surface area contributed by atoms with Gasteiger partial charge in [-0.3, -0.25) is 20.2 Å². The van der Waals surface area contributed by atoms with E-state index < -0.39 is 17.8 Å². The van der Waals surface area contributed by atoms with Crippen LogP contribution in [-0.4, -0.2) is 29.5 Å². The van der Waals surface area contributed by atoms with Crippen molar-refractivity contribution in [1.29, 1.82) is 0 Å². The molecule has 0 saturated carbocycles. The molecule has 9 heteroatoms. The van der Waals surface area contributed by atoms with Crippen LogP contribution in [-0.2, 0) is 9.59 Å². The van der Waals surface area contributed by atoms with E-state index in [1.165, 1.54) is 6.08 Å². The van der Waals surface area contributed by atoms with Gasteiger partial charge in [-0.1, -0.05) is 36.4 Å². The summed E-state index contributed by atoms with van der Waals surface area (Å²) in [5, 5.41) is 6.41. The number of ether oxygens (including phenoxy) is 2. The Kier molecular flexibility index (Phi) is 6.52. The first kappa shape index (κ1) is 22.6. The van der Waals surface area contributed by atoms with Gasteiger partial charge in [0.1, 0.15) is 5.57 Å². The number of carbonyl (C=O) groups excluding carboxylic acids is 3. The van der Waals surface area contributed by atoms with Crippen molar-refractivity contribution in [3.8, 4) is 11.5 Å². The van der Waals surface area contributed by atoms with E-state index in [-0.39, 0.29) is 22.2 Å². The van der Waals surface area contributed by atoms with E-state index in [2.05, 4.69) is 26.6 Å². The van der Waals surface area contributed by atoms with Gasteiger partial charge in [0.15, 0.2) is 16.6 Å². The summed E-state index contributed by atoms with van der Waals surface area (Å²) in [4.78, 5) is 37.3. The van der Waals surface area contributed by atoms with E-state index in [1.807, 2.05) is 30.3 Å². The Morgan fingerprint density at radius 3 is 2.48 bits per heavy atom. The van der Waals surface area contributed by atoms with E-state index in [0.717, 1.165) is 10.8 Å². The summed E-state index contributed by atoms with van der Waals surface area (Å²) in [5.74, 6) is -1.29. The number of halogens is 1. The van der Waals surface area contributed by atoms with E-state index in [9.17, 15) is 14.4 Å². The second-order valence-corrected chi connectivity index (χ2v) is 8.24. The van der Waals surface area contributed by atoms with Crippen molar-refractivity contribution < 1.29 is 23.9 Å². The zero-order chi connectivity index (χ0) is 23.5. The number of fused-ring (bicyclic) bond motifs is 1. The second kappa shape index (κ2) is 9.51. The molecule has 1 fully saturated rings. The number of esters is 1. The molecule has 1 saturated heterocycles. The van der Waals surface area contributed by atoms with Gasteiger partial charge in [0.2, 0.25) is 0 Å². The highest BCUT2D eigenvalue weighted by molar-refractivity contribution is 9.10. The Bertz CT molecular complexity index is 1320. The number of nitrogens with one attached hydrogen (secondary N) is 2. The molecule has 3 aromatic carbocycles. The topological polar surface area (TPSA) is 93.7 Å². The second-order valence-electron chi connectivity index (χ2n) is 6.97. The molecular formula is C24H17BrN2O5S. The number of carbonyl (C=O) groups is 3. The summed E-state index contributed by atoms with van der Waals surface area (Å²) < 4.78 is 11.8. The maximum atomic E-state index is 13.0. The van der Waals surface area contributed by atoms with Crippen molar-refractivity contribution in [1.82, 2.24) is 10.6 Å². The smallest absolute Gasteiger partial charge is 0.344 e. The van der Waals surface area contributed by atoms with Crippen LogP contribution in [0.5, 0.6) is 11.5 Å². The lowest BCUT2D eigenvalue weighted by Gasteiger charge is -2.17. The van der Waals surface area contributed by atoms with Crippen LogP contribution in [0.15, 0.2) is 64.6 Å². The predicted molar refractivity (Wildman–Crippen MR) is 131 cm³/mol. The molecule has 4 rings (SSSR count). The molecule has 0 aliphatic carbocycles. The first-order valence-corrected chi connectivity index (χ1v) is 11.1. The number of hydrogen-bond acceptors (Lipinski definition) is 6. The molecule has 166 valence electrons. The molecular weight excluding hydrogens is 508 g/mol. The largest absolute Gasteiger partial charge is 0.490 e. The zero-order valence-electron chi connectivity index (χ0n) is 17.3. The highest BCUT2D eigenvalue weighted by atomic mass is 79.9. The van der Waals surface area contributed by atoms with E-state index in [0.29, 0.717) is 22.2 Å². The Morgan fingerprint density at radius 2 is 1.76 bits per heavy atom. The van der Waals surface area contributed by atoms with Gasteiger partial charge in [0.25, 0.3) is 11.8 Å². The summed E-state index contributed by atoms with van der Waals surface area (Å²) in [6.07, 6.45) is 1.40. The van der Waals surface area contributed by atoms with Crippen molar-refractivity contribution in [3.05, 3.63) is 75.8 Å². The zero-order valence-corrected chi connectivity index (χ0v) is 19.7. The van der Waals surface area contributed by atoms with Gasteiger partial charge in [-0.2, -0.15) is 0 Å². The van der Waals surface area contributed by atoms with Gasteiger partial charge in [-0.15, -0.1) is 0 Å². The van der Waals surface area contributed by atoms with Gasteiger partial charge in [-0.05, 0) is 75.7 Å². The molecule has 1 aliphatic rings. The molecule has 1 aliphatic heterocycles. The Hall–Kier alpha value is -3.56. The Labute approximate surface area is 202 Å². The minimum absolute atomic E-state index is 0.0472. The highest BCUT2D eigenvalue weighted by Gasteiger charge is 2.26. The molecule has 0 radical (unpaired) electrons. The van der Waals surface area contributed by atoms with Gasteiger partial charge in [-0.25, -0.2) is 4.79 Å². The van der Waals surface area contributed by atoms with Gasteiger partial charge in [0.05, 0.1) is 16.6 Å². The third-order valence-corrected chi connectivity index (χ3v) is 5.58. The van der Waals surface area contributed by atoms with Crippen molar-refractivity contribution in [2.75, 3.05) is 6.61 Å². The van der Waals surface area contributed by atoms with Crippen LogP contribution in [0, 0.1) is 0 Å². The molecule has 33 heavy (non-hydrogen) atoms. The predicted octanol–water partition coefficient (Wildman–Crippen LogP) is 4.13. The lowest BCUT2D eigenvalue weighted by atomic mass is 10.0. The minimum Gasteiger partial charge on any atom is -0.490 e. The normalized spacial score (nSPS) is 13.4. The fourth-order valence-electron chi connectivity index (χ4n) is 3.36. The lowest BCUT2D eigenvalue weighted by molar-refractivity contribution is -0.123. The Balaban J connectivity index is 1.70. The van der Waals surface area contributed by atoms with E-state index in [4.69, 9.17) is 21.7 Å². The first-order chi connectivity index (χ1) is 15.9. The number of hydrogen-bond donors (Lipinski definition) is 2. The monoisotopic (exact) mass is 524 g/mol. The van der Waals surface area contributed by atoms with Crippen molar-refractivity contribution in [3.63, 3.8) is 0 Å². The summed E-state index contributed by atoms with van der Waals surface area (Å²) >= 11 is 8.23. The molecule has 0 bridgehead atoms. The van der Waals surface area contributed by atoms with Crippen LogP contribution in [0.2, 0.25) is 0 Å². The standard InChI is InChI=1S/C24H17BrN2O5S/c1-2-31-19-12-13(10-17-21(28)26-24(33)27-22(17)29)11-18(25)20(19)32-23(30)16-9-5-7-14-6-3-4-8-15(14)16/h3-12H,2H2,1H3,(H2,26,27,28,29,33). The van der Waals surface area contributed by atoms with Crippen LogP contribution in [0.3, 0.4) is 0 Å². The highest BCUT2D eigenvalue weighted by Crippen LogP contribution is 2.38. The maximum absolute atomic E-state index is 13.0. The van der Waals surface area contributed by atoms with E-state index >= 15 is 0 Å². The molecule has 0 spiro atoms. The van der Waals surface area contributed by atoms with Gasteiger partial charge in [0, 0.05) is 0 Å². The first-order valence-electron chi connectivity index (χ1n) is 9.92. The number of amides is 2. The summed E-state index contributed by atoms with van der Waals surface area (Å²) in [5.41, 5.74) is 0.794. The van der Waals surface area contributed by atoms with Crippen molar-refractivity contribution in [2.24, 2.45) is 0 Å². The molecule has 3 aromatic rings. The average molecular weight is 525 g/mol. The molecule has 2 amide bonds.